The molecule has 1 aromatic rings. The molecule has 0 aliphatic heterocycles. The Kier molecular flexibility index (Phi) is 4.34. The van der Waals surface area contributed by atoms with Crippen molar-refractivity contribution in [1.82, 2.24) is 0 Å². The summed E-state index contributed by atoms with van der Waals surface area (Å²) in [5.74, 6) is 0.258. The van der Waals surface area contributed by atoms with E-state index in [0.717, 1.165) is 6.21 Å². The first-order valence-corrected chi connectivity index (χ1v) is 4.61. The molecular formula is C11H13NO3. The maximum absolute atomic E-state index is 11.0. The van der Waals surface area contributed by atoms with Crippen LogP contribution in [-0.4, -0.2) is 25.9 Å². The van der Waals surface area contributed by atoms with E-state index < -0.39 is 5.97 Å². The number of benzene rings is 1. The molecule has 4 heteroatoms. The minimum Gasteiger partial charge on any atom is -0.497 e. The summed E-state index contributed by atoms with van der Waals surface area (Å²) < 4.78 is 9.72. The Balaban J connectivity index is 2.67. The van der Waals surface area contributed by atoms with Crippen molar-refractivity contribution in [2.75, 3.05) is 13.7 Å². The van der Waals surface area contributed by atoms with Crippen molar-refractivity contribution in [1.29, 1.82) is 0 Å². The molecule has 0 aliphatic rings. The van der Waals surface area contributed by atoms with Crippen molar-refractivity contribution in [2.45, 2.75) is 6.92 Å². The Labute approximate surface area is 88.5 Å². The third-order valence-electron chi connectivity index (χ3n) is 1.66. The number of aliphatic imine (C=N–C) groups is 1. The van der Waals surface area contributed by atoms with Crippen LogP contribution in [0.25, 0.3) is 0 Å². The Morgan fingerprint density at radius 3 is 3.00 bits per heavy atom. The Hall–Kier alpha value is -1.84. The summed E-state index contributed by atoms with van der Waals surface area (Å²) >= 11 is 0. The molecular weight excluding hydrogens is 194 g/mol. The van der Waals surface area contributed by atoms with Gasteiger partial charge in [-0.05, 0) is 19.1 Å². The topological polar surface area (TPSA) is 47.9 Å². The highest BCUT2D eigenvalue weighted by Crippen LogP contribution is 2.18. The van der Waals surface area contributed by atoms with E-state index in [1.54, 1.807) is 32.2 Å². The van der Waals surface area contributed by atoms with Crippen LogP contribution in [-0.2, 0) is 9.53 Å². The monoisotopic (exact) mass is 207 g/mol. The van der Waals surface area contributed by atoms with Gasteiger partial charge in [-0.25, -0.2) is 9.79 Å². The highest BCUT2D eigenvalue weighted by atomic mass is 16.5. The van der Waals surface area contributed by atoms with E-state index in [9.17, 15) is 4.79 Å². The van der Waals surface area contributed by atoms with Gasteiger partial charge in [0.05, 0.1) is 19.4 Å². The molecule has 0 atom stereocenters. The van der Waals surface area contributed by atoms with Crippen molar-refractivity contribution in [3.63, 3.8) is 0 Å². The molecule has 0 saturated carbocycles. The van der Waals surface area contributed by atoms with E-state index in [-0.39, 0.29) is 0 Å². The molecule has 80 valence electrons. The zero-order valence-corrected chi connectivity index (χ0v) is 8.77. The van der Waals surface area contributed by atoms with E-state index in [4.69, 9.17) is 9.47 Å². The van der Waals surface area contributed by atoms with Crippen LogP contribution >= 0.6 is 0 Å². The molecule has 0 bridgehead atoms. The first-order chi connectivity index (χ1) is 7.26. The van der Waals surface area contributed by atoms with Gasteiger partial charge in [-0.15, -0.1) is 0 Å². The first-order valence-electron chi connectivity index (χ1n) is 4.61. The second-order valence-corrected chi connectivity index (χ2v) is 2.71. The summed E-state index contributed by atoms with van der Waals surface area (Å²) in [5, 5.41) is 0. The van der Waals surface area contributed by atoms with Gasteiger partial charge in [-0.3, -0.25) is 0 Å². The molecule has 1 aromatic carbocycles. The number of carbonyl (C=O) groups is 1. The van der Waals surface area contributed by atoms with Crippen LogP contribution in [0.3, 0.4) is 0 Å². The average Bonchev–Trinajstić information content (AvgIpc) is 2.27. The molecule has 0 unspecified atom stereocenters. The number of hydrogen-bond acceptors (Lipinski definition) is 4. The number of methoxy groups -OCH3 is 1. The van der Waals surface area contributed by atoms with Gasteiger partial charge in [-0.1, -0.05) is 6.07 Å². The minimum absolute atomic E-state index is 0.350. The Morgan fingerprint density at radius 1 is 1.53 bits per heavy atom. The highest BCUT2D eigenvalue weighted by molar-refractivity contribution is 6.23. The van der Waals surface area contributed by atoms with Crippen LogP contribution in [0.4, 0.5) is 5.69 Å². The van der Waals surface area contributed by atoms with E-state index in [2.05, 4.69) is 4.99 Å². The normalized spacial score (nSPS) is 10.3. The predicted molar refractivity (Wildman–Crippen MR) is 57.8 cm³/mol. The third kappa shape index (κ3) is 3.81. The van der Waals surface area contributed by atoms with Crippen LogP contribution in [0.15, 0.2) is 29.3 Å². The minimum atomic E-state index is -0.444. The number of rotatable bonds is 4. The number of esters is 1. The zero-order chi connectivity index (χ0) is 11.1. The fourth-order valence-electron chi connectivity index (χ4n) is 0.998. The lowest BCUT2D eigenvalue weighted by atomic mass is 10.3. The molecule has 0 amide bonds. The largest absolute Gasteiger partial charge is 0.497 e. The van der Waals surface area contributed by atoms with Crippen LogP contribution in [0.1, 0.15) is 6.92 Å². The molecule has 0 aromatic heterocycles. The van der Waals surface area contributed by atoms with Gasteiger partial charge in [0, 0.05) is 6.07 Å². The zero-order valence-electron chi connectivity index (χ0n) is 8.77. The SMILES string of the molecule is CCOC(=O)C=Nc1cccc(OC)c1. The van der Waals surface area contributed by atoms with Gasteiger partial charge in [0.15, 0.2) is 0 Å². The van der Waals surface area contributed by atoms with E-state index in [0.29, 0.717) is 18.0 Å². The maximum atomic E-state index is 11.0. The summed E-state index contributed by atoms with van der Waals surface area (Å²) in [6.45, 7) is 2.10. The van der Waals surface area contributed by atoms with Crippen LogP contribution in [0.5, 0.6) is 5.75 Å². The number of carbonyl (C=O) groups excluding carboxylic acids is 1. The maximum Gasteiger partial charge on any atom is 0.349 e. The van der Waals surface area contributed by atoms with Gasteiger partial charge in [-0.2, -0.15) is 0 Å². The Morgan fingerprint density at radius 2 is 2.33 bits per heavy atom. The van der Waals surface area contributed by atoms with Crippen molar-refractivity contribution in [3.8, 4) is 5.75 Å². The van der Waals surface area contributed by atoms with Crippen LogP contribution in [0.2, 0.25) is 0 Å². The van der Waals surface area contributed by atoms with Gasteiger partial charge in [0.1, 0.15) is 12.0 Å². The van der Waals surface area contributed by atoms with Crippen LogP contribution in [0, 0.1) is 0 Å². The summed E-state index contributed by atoms with van der Waals surface area (Å²) in [6, 6.07) is 7.12. The molecule has 0 aliphatic carbocycles. The summed E-state index contributed by atoms with van der Waals surface area (Å²) in [5.41, 5.74) is 0.655. The molecule has 15 heavy (non-hydrogen) atoms. The smallest absolute Gasteiger partial charge is 0.349 e. The molecule has 0 heterocycles. The van der Waals surface area contributed by atoms with E-state index >= 15 is 0 Å². The second-order valence-electron chi connectivity index (χ2n) is 2.71. The number of ether oxygens (including phenoxy) is 2. The second kappa shape index (κ2) is 5.80. The van der Waals surface area contributed by atoms with Gasteiger partial charge < -0.3 is 9.47 Å². The summed E-state index contributed by atoms with van der Waals surface area (Å²) in [4.78, 5) is 14.9. The Bertz CT molecular complexity index is 361. The molecule has 0 N–H and O–H groups in total. The quantitative estimate of drug-likeness (QED) is 0.560. The average molecular weight is 207 g/mol. The lowest BCUT2D eigenvalue weighted by molar-refractivity contribution is -0.134. The number of nitrogens with zero attached hydrogens (tertiary/aromatic N) is 1. The lowest BCUT2D eigenvalue weighted by Crippen LogP contribution is -2.04. The predicted octanol–water partition coefficient (Wildman–Crippen LogP) is 1.96. The van der Waals surface area contributed by atoms with Gasteiger partial charge in [0.25, 0.3) is 0 Å². The van der Waals surface area contributed by atoms with Gasteiger partial charge in [0.2, 0.25) is 0 Å². The number of hydrogen-bond donors (Lipinski definition) is 0. The molecule has 0 spiro atoms. The van der Waals surface area contributed by atoms with Gasteiger partial charge >= 0.3 is 5.97 Å². The standard InChI is InChI=1S/C11H13NO3/c1-3-15-11(13)8-12-9-5-4-6-10(7-9)14-2/h4-8H,3H2,1-2H3. The van der Waals surface area contributed by atoms with Crippen molar-refractivity contribution in [3.05, 3.63) is 24.3 Å². The fourth-order valence-corrected chi connectivity index (χ4v) is 0.998. The highest BCUT2D eigenvalue weighted by Gasteiger charge is 1.96. The lowest BCUT2D eigenvalue weighted by Gasteiger charge is -1.99. The molecule has 4 nitrogen and oxygen atoms in total. The fraction of sp³-hybridized carbons (Fsp3) is 0.273. The van der Waals surface area contributed by atoms with E-state index in [1.807, 2.05) is 6.07 Å². The van der Waals surface area contributed by atoms with Crippen LogP contribution < -0.4 is 4.74 Å². The molecule has 1 rings (SSSR count). The molecule has 0 fully saturated rings. The first kappa shape index (κ1) is 11.2. The van der Waals surface area contributed by atoms with Crippen molar-refractivity contribution < 1.29 is 14.3 Å². The van der Waals surface area contributed by atoms with Crippen molar-refractivity contribution >= 4 is 17.9 Å². The molecule has 0 radical (unpaired) electrons. The summed E-state index contributed by atoms with van der Waals surface area (Å²) in [7, 11) is 1.58. The van der Waals surface area contributed by atoms with Crippen molar-refractivity contribution in [2.24, 2.45) is 4.99 Å². The summed E-state index contributed by atoms with van der Waals surface area (Å²) in [6.07, 6.45) is 1.15. The third-order valence-corrected chi connectivity index (χ3v) is 1.66. The van der Waals surface area contributed by atoms with E-state index in [1.165, 1.54) is 0 Å². The molecule has 0 saturated heterocycles.